The highest BCUT2D eigenvalue weighted by Crippen LogP contribution is 2.40. The average molecular weight is 251 g/mol. The monoisotopic (exact) mass is 251 g/mol. The third-order valence-corrected chi connectivity index (χ3v) is 3.61. The number of aryl methyl sites for hydroxylation is 2. The summed E-state index contributed by atoms with van der Waals surface area (Å²) < 4.78 is 19.8. The van der Waals surface area contributed by atoms with Crippen LogP contribution in [0.5, 0.6) is 0 Å². The minimum atomic E-state index is -0.363. The topological polar surface area (TPSA) is 35.2 Å². The number of ether oxygens (including phenoxy) is 1. The summed E-state index contributed by atoms with van der Waals surface area (Å²) in [5, 5.41) is 0. The molecule has 0 heterocycles. The molecule has 3 heteroatoms. The Labute approximate surface area is 108 Å². The van der Waals surface area contributed by atoms with Crippen molar-refractivity contribution >= 4 is 0 Å². The number of hydrogen-bond acceptors (Lipinski definition) is 2. The molecule has 2 rings (SSSR count). The molecule has 0 amide bonds. The summed E-state index contributed by atoms with van der Waals surface area (Å²) in [7, 11) is 0. The SMILES string of the molecule is CCOC(C1CC1)C(N)c1c(C)cc(C)cc1F. The van der Waals surface area contributed by atoms with Crippen molar-refractivity contribution in [2.75, 3.05) is 6.61 Å². The van der Waals surface area contributed by atoms with Crippen LogP contribution in [0.15, 0.2) is 12.1 Å². The van der Waals surface area contributed by atoms with E-state index in [4.69, 9.17) is 10.5 Å². The van der Waals surface area contributed by atoms with Crippen LogP contribution < -0.4 is 5.73 Å². The summed E-state index contributed by atoms with van der Waals surface area (Å²) in [5.41, 5.74) is 8.72. The molecular weight excluding hydrogens is 229 g/mol. The fourth-order valence-electron chi connectivity index (χ4n) is 2.66. The lowest BCUT2D eigenvalue weighted by Crippen LogP contribution is -2.32. The van der Waals surface area contributed by atoms with Gasteiger partial charge < -0.3 is 10.5 Å². The van der Waals surface area contributed by atoms with Gasteiger partial charge in [-0.1, -0.05) is 6.07 Å². The molecule has 0 bridgehead atoms. The second-order valence-corrected chi connectivity index (χ2v) is 5.26. The van der Waals surface area contributed by atoms with Gasteiger partial charge in [0.25, 0.3) is 0 Å². The van der Waals surface area contributed by atoms with Gasteiger partial charge in [0.1, 0.15) is 5.82 Å². The summed E-state index contributed by atoms with van der Waals surface area (Å²) in [5.74, 6) is 0.297. The van der Waals surface area contributed by atoms with Crippen LogP contribution in [-0.2, 0) is 4.74 Å². The third kappa shape index (κ3) is 2.73. The highest BCUT2D eigenvalue weighted by atomic mass is 19.1. The Morgan fingerprint density at radius 1 is 1.39 bits per heavy atom. The molecule has 1 aromatic rings. The van der Waals surface area contributed by atoms with Gasteiger partial charge in [-0.2, -0.15) is 0 Å². The zero-order chi connectivity index (χ0) is 13.3. The fourth-order valence-corrected chi connectivity index (χ4v) is 2.66. The van der Waals surface area contributed by atoms with Crippen LogP contribution in [0.3, 0.4) is 0 Å². The zero-order valence-corrected chi connectivity index (χ0v) is 11.4. The van der Waals surface area contributed by atoms with Gasteiger partial charge in [0.2, 0.25) is 0 Å². The summed E-state index contributed by atoms with van der Waals surface area (Å²) >= 11 is 0. The van der Waals surface area contributed by atoms with Crippen LogP contribution >= 0.6 is 0 Å². The van der Waals surface area contributed by atoms with Gasteiger partial charge in [0.15, 0.2) is 0 Å². The van der Waals surface area contributed by atoms with Gasteiger partial charge >= 0.3 is 0 Å². The molecule has 0 aliphatic heterocycles. The van der Waals surface area contributed by atoms with E-state index >= 15 is 0 Å². The lowest BCUT2D eigenvalue weighted by Gasteiger charge is -2.26. The molecular formula is C15H22FNO. The summed E-state index contributed by atoms with van der Waals surface area (Å²) in [4.78, 5) is 0. The lowest BCUT2D eigenvalue weighted by molar-refractivity contribution is 0.0274. The van der Waals surface area contributed by atoms with E-state index in [1.807, 2.05) is 26.8 Å². The third-order valence-electron chi connectivity index (χ3n) is 3.61. The van der Waals surface area contributed by atoms with Crippen molar-refractivity contribution < 1.29 is 9.13 Å². The predicted molar refractivity (Wildman–Crippen MR) is 70.9 cm³/mol. The molecule has 1 aliphatic carbocycles. The predicted octanol–water partition coefficient (Wildman–Crippen LogP) is 3.26. The first-order valence-corrected chi connectivity index (χ1v) is 6.68. The second-order valence-electron chi connectivity index (χ2n) is 5.26. The number of nitrogens with two attached hydrogens (primary N) is 1. The summed E-state index contributed by atoms with van der Waals surface area (Å²) in [6, 6.07) is 3.17. The largest absolute Gasteiger partial charge is 0.376 e. The van der Waals surface area contributed by atoms with Crippen molar-refractivity contribution in [3.63, 3.8) is 0 Å². The highest BCUT2D eigenvalue weighted by molar-refractivity contribution is 5.35. The molecule has 0 radical (unpaired) electrons. The van der Waals surface area contributed by atoms with Crippen LogP contribution in [0.1, 0.15) is 42.5 Å². The van der Waals surface area contributed by atoms with E-state index in [2.05, 4.69) is 0 Å². The number of rotatable bonds is 5. The Hall–Kier alpha value is -0.930. The van der Waals surface area contributed by atoms with Crippen molar-refractivity contribution in [3.05, 3.63) is 34.6 Å². The molecule has 2 unspecified atom stereocenters. The molecule has 1 fully saturated rings. The quantitative estimate of drug-likeness (QED) is 0.871. The van der Waals surface area contributed by atoms with Crippen LogP contribution in [0.2, 0.25) is 0 Å². The van der Waals surface area contributed by atoms with E-state index in [1.54, 1.807) is 6.07 Å². The smallest absolute Gasteiger partial charge is 0.128 e. The van der Waals surface area contributed by atoms with E-state index in [1.165, 1.54) is 0 Å². The van der Waals surface area contributed by atoms with Crippen molar-refractivity contribution in [1.82, 2.24) is 0 Å². The average Bonchev–Trinajstić information content (AvgIpc) is 3.07. The second kappa shape index (κ2) is 5.37. The fraction of sp³-hybridized carbons (Fsp3) is 0.600. The van der Waals surface area contributed by atoms with Crippen molar-refractivity contribution in [3.8, 4) is 0 Å². The highest BCUT2D eigenvalue weighted by Gasteiger charge is 2.37. The first kappa shape index (κ1) is 13.5. The maximum absolute atomic E-state index is 14.1. The summed E-state index contributed by atoms with van der Waals surface area (Å²) in [6.45, 7) is 6.40. The van der Waals surface area contributed by atoms with E-state index < -0.39 is 0 Å². The summed E-state index contributed by atoms with van der Waals surface area (Å²) in [6.07, 6.45) is 2.24. The van der Waals surface area contributed by atoms with Crippen molar-refractivity contribution in [2.24, 2.45) is 11.7 Å². The Morgan fingerprint density at radius 2 is 2.06 bits per heavy atom. The molecule has 2 nitrogen and oxygen atoms in total. The van der Waals surface area contributed by atoms with E-state index in [9.17, 15) is 4.39 Å². The number of benzene rings is 1. The van der Waals surface area contributed by atoms with Crippen LogP contribution in [0.4, 0.5) is 4.39 Å². The van der Waals surface area contributed by atoms with Gasteiger partial charge in [-0.15, -0.1) is 0 Å². The van der Waals surface area contributed by atoms with Gasteiger partial charge in [0.05, 0.1) is 12.1 Å². The molecule has 2 atom stereocenters. The lowest BCUT2D eigenvalue weighted by atomic mass is 9.93. The molecule has 0 aromatic heterocycles. The Bertz CT molecular complexity index is 405. The molecule has 0 spiro atoms. The van der Waals surface area contributed by atoms with Crippen molar-refractivity contribution in [2.45, 2.75) is 45.8 Å². The van der Waals surface area contributed by atoms with Crippen LogP contribution in [0, 0.1) is 25.6 Å². The van der Waals surface area contributed by atoms with Gasteiger partial charge in [-0.25, -0.2) is 4.39 Å². The molecule has 2 N–H and O–H groups in total. The van der Waals surface area contributed by atoms with Gasteiger partial charge in [0, 0.05) is 12.2 Å². The normalized spacial score (nSPS) is 18.7. The molecule has 100 valence electrons. The van der Waals surface area contributed by atoms with E-state index in [0.717, 1.165) is 24.0 Å². The van der Waals surface area contributed by atoms with Crippen LogP contribution in [-0.4, -0.2) is 12.7 Å². The molecule has 1 aromatic carbocycles. The number of hydrogen-bond donors (Lipinski definition) is 1. The Balaban J connectivity index is 2.28. The van der Waals surface area contributed by atoms with E-state index in [0.29, 0.717) is 18.1 Å². The number of halogens is 1. The maximum atomic E-state index is 14.1. The molecule has 1 aliphatic rings. The first-order chi connectivity index (χ1) is 8.54. The maximum Gasteiger partial charge on any atom is 0.128 e. The van der Waals surface area contributed by atoms with Crippen molar-refractivity contribution in [1.29, 1.82) is 0 Å². The first-order valence-electron chi connectivity index (χ1n) is 6.68. The minimum Gasteiger partial charge on any atom is -0.376 e. The van der Waals surface area contributed by atoms with Gasteiger partial charge in [-0.3, -0.25) is 0 Å². The Kier molecular flexibility index (Phi) is 4.03. The molecule has 18 heavy (non-hydrogen) atoms. The molecule has 1 saturated carbocycles. The standard InChI is InChI=1S/C15H22FNO/c1-4-18-15(11-5-6-11)14(17)13-10(3)7-9(2)8-12(13)16/h7-8,11,14-15H,4-6,17H2,1-3H3. The van der Waals surface area contributed by atoms with E-state index in [-0.39, 0.29) is 18.0 Å². The minimum absolute atomic E-state index is 0.0501. The zero-order valence-electron chi connectivity index (χ0n) is 11.4. The Morgan fingerprint density at radius 3 is 2.56 bits per heavy atom. The molecule has 0 saturated heterocycles. The van der Waals surface area contributed by atoms with Gasteiger partial charge in [-0.05, 0) is 56.7 Å². The van der Waals surface area contributed by atoms with Crippen LogP contribution in [0.25, 0.3) is 0 Å².